The highest BCUT2D eigenvalue weighted by molar-refractivity contribution is 9.13. The van der Waals surface area contributed by atoms with E-state index in [4.69, 9.17) is 0 Å². The van der Waals surface area contributed by atoms with E-state index in [0.29, 0.717) is 11.3 Å². The van der Waals surface area contributed by atoms with Gasteiger partial charge in [0.05, 0.1) is 0 Å². The summed E-state index contributed by atoms with van der Waals surface area (Å²) in [5, 5.41) is 0. The molecule has 0 aromatic rings. The summed E-state index contributed by atoms with van der Waals surface area (Å²) < 4.78 is 26.8. The molecule has 1 rings (SSSR count). The van der Waals surface area contributed by atoms with E-state index in [0.717, 1.165) is 0 Å². The monoisotopic (exact) mass is 238 g/mol. The number of hydrogen-bond acceptors (Lipinski definition) is 3. The van der Waals surface area contributed by atoms with Crippen LogP contribution in [0.1, 0.15) is 13.8 Å². The summed E-state index contributed by atoms with van der Waals surface area (Å²) in [6, 6.07) is 0. The molecular weight excluding hydrogens is 232 g/mol. The second-order valence-electron chi connectivity index (χ2n) is 2.25. The third-order valence-corrected chi connectivity index (χ3v) is 4.25. The Kier molecular flexibility index (Phi) is 2.11. The number of halogens is 1. The Morgan fingerprint density at radius 1 is 1.45 bits per heavy atom. The molecule has 0 spiro atoms. The van der Waals surface area contributed by atoms with Gasteiger partial charge in [0.2, 0.25) is 0 Å². The summed E-state index contributed by atoms with van der Waals surface area (Å²) in [4.78, 5) is 0. The second-order valence-corrected chi connectivity index (χ2v) is 5.05. The zero-order valence-corrected chi connectivity index (χ0v) is 8.49. The van der Waals surface area contributed by atoms with Crippen molar-refractivity contribution in [3.8, 4) is 0 Å². The van der Waals surface area contributed by atoms with Gasteiger partial charge >= 0.3 is 10.1 Å². The first-order valence-corrected chi connectivity index (χ1v) is 5.13. The van der Waals surface area contributed by atoms with E-state index in [1.165, 1.54) is 0 Å². The molecular formula is C6H7BrO3S. The predicted octanol–water partition coefficient (Wildman–Crippen LogP) is 1.88. The zero-order chi connectivity index (χ0) is 8.65. The molecule has 0 aromatic carbocycles. The standard InChI is InChI=1S/C6H7BrO3S/c1-4-3-5(2)10-11(8,9)6(4)7/h3H,1-2H3. The van der Waals surface area contributed by atoms with Crippen LogP contribution < -0.4 is 0 Å². The lowest BCUT2D eigenvalue weighted by Crippen LogP contribution is -2.09. The van der Waals surface area contributed by atoms with Crippen LogP contribution in [0.4, 0.5) is 0 Å². The molecule has 0 atom stereocenters. The normalized spacial score (nSPS) is 22.6. The van der Waals surface area contributed by atoms with Crippen LogP contribution in [0.25, 0.3) is 0 Å². The van der Waals surface area contributed by atoms with Crippen molar-refractivity contribution >= 4 is 26.0 Å². The molecule has 0 fully saturated rings. The van der Waals surface area contributed by atoms with Gasteiger partial charge in [-0.2, -0.15) is 8.42 Å². The maximum atomic E-state index is 11.0. The Hall–Kier alpha value is -0.290. The number of hydrogen-bond donors (Lipinski definition) is 0. The van der Waals surface area contributed by atoms with Gasteiger partial charge in [-0.3, -0.25) is 0 Å². The van der Waals surface area contributed by atoms with Crippen molar-refractivity contribution < 1.29 is 12.6 Å². The SMILES string of the molecule is CC1=CC(C)=C(Br)S(=O)(=O)O1. The summed E-state index contributed by atoms with van der Waals surface area (Å²) in [6.45, 7) is 3.30. The molecule has 1 heterocycles. The molecule has 0 N–H and O–H groups in total. The first-order chi connectivity index (χ1) is 4.93. The Morgan fingerprint density at radius 2 is 2.00 bits per heavy atom. The Labute approximate surface area is 74.0 Å². The molecule has 3 nitrogen and oxygen atoms in total. The van der Waals surface area contributed by atoms with Crippen LogP contribution in [-0.2, 0) is 14.3 Å². The molecule has 1 aliphatic rings. The molecule has 0 aliphatic carbocycles. The first-order valence-electron chi connectivity index (χ1n) is 2.92. The maximum absolute atomic E-state index is 11.0. The van der Waals surface area contributed by atoms with Crippen LogP contribution in [-0.4, -0.2) is 8.42 Å². The van der Waals surface area contributed by atoms with Gasteiger partial charge in [0.25, 0.3) is 0 Å². The first kappa shape index (κ1) is 8.80. The van der Waals surface area contributed by atoms with Gasteiger partial charge < -0.3 is 4.18 Å². The third kappa shape index (κ3) is 1.65. The van der Waals surface area contributed by atoms with Crippen molar-refractivity contribution in [2.75, 3.05) is 0 Å². The van der Waals surface area contributed by atoms with Crippen molar-refractivity contribution in [3.63, 3.8) is 0 Å². The highest BCUT2D eigenvalue weighted by Crippen LogP contribution is 2.28. The average Bonchev–Trinajstić information content (AvgIpc) is 1.81. The molecule has 11 heavy (non-hydrogen) atoms. The Bertz CT molecular complexity index is 337. The molecule has 0 radical (unpaired) electrons. The second kappa shape index (κ2) is 2.64. The summed E-state index contributed by atoms with van der Waals surface area (Å²) in [5.41, 5.74) is 0.661. The molecule has 0 bridgehead atoms. The molecule has 0 unspecified atom stereocenters. The van der Waals surface area contributed by atoms with Crippen molar-refractivity contribution in [3.05, 3.63) is 21.2 Å². The minimum Gasteiger partial charge on any atom is -0.383 e. The predicted molar refractivity (Wildman–Crippen MR) is 45.4 cm³/mol. The van der Waals surface area contributed by atoms with Crippen LogP contribution in [0.2, 0.25) is 0 Å². The Balaban J connectivity index is 3.29. The van der Waals surface area contributed by atoms with Gasteiger partial charge in [-0.05, 0) is 41.4 Å². The van der Waals surface area contributed by atoms with E-state index < -0.39 is 10.1 Å². The van der Waals surface area contributed by atoms with E-state index in [-0.39, 0.29) is 3.81 Å². The van der Waals surface area contributed by atoms with Crippen LogP contribution in [0, 0.1) is 0 Å². The summed E-state index contributed by atoms with van der Waals surface area (Å²) in [6.07, 6.45) is 1.66. The molecule has 1 aliphatic heterocycles. The highest BCUT2D eigenvalue weighted by Gasteiger charge is 2.23. The topological polar surface area (TPSA) is 43.4 Å². The van der Waals surface area contributed by atoms with Gasteiger partial charge in [0, 0.05) is 0 Å². The maximum Gasteiger partial charge on any atom is 0.345 e. The minimum atomic E-state index is -3.53. The van der Waals surface area contributed by atoms with Crippen LogP contribution in [0.3, 0.4) is 0 Å². The largest absolute Gasteiger partial charge is 0.383 e. The van der Waals surface area contributed by atoms with Crippen LogP contribution in [0.15, 0.2) is 21.2 Å². The fourth-order valence-corrected chi connectivity index (χ4v) is 2.03. The third-order valence-electron chi connectivity index (χ3n) is 1.19. The van der Waals surface area contributed by atoms with Crippen molar-refractivity contribution in [1.29, 1.82) is 0 Å². The van der Waals surface area contributed by atoms with Crippen LogP contribution >= 0.6 is 15.9 Å². The average molecular weight is 239 g/mol. The fraction of sp³-hybridized carbons (Fsp3) is 0.333. The molecule has 0 aromatic heterocycles. The molecule has 0 saturated carbocycles. The minimum absolute atomic E-state index is 0.107. The van der Waals surface area contributed by atoms with Gasteiger partial charge in [-0.1, -0.05) is 0 Å². The lowest BCUT2D eigenvalue weighted by molar-refractivity contribution is 0.413. The van der Waals surface area contributed by atoms with Gasteiger partial charge in [-0.25, -0.2) is 0 Å². The number of allylic oxidation sites excluding steroid dienone is 3. The van der Waals surface area contributed by atoms with Gasteiger partial charge in [0.1, 0.15) is 5.76 Å². The smallest absolute Gasteiger partial charge is 0.345 e. The van der Waals surface area contributed by atoms with E-state index >= 15 is 0 Å². The van der Waals surface area contributed by atoms with E-state index in [9.17, 15) is 8.42 Å². The van der Waals surface area contributed by atoms with E-state index in [1.807, 2.05) is 0 Å². The lowest BCUT2D eigenvalue weighted by atomic mass is 10.3. The Morgan fingerprint density at radius 3 is 2.45 bits per heavy atom. The lowest BCUT2D eigenvalue weighted by Gasteiger charge is -2.12. The van der Waals surface area contributed by atoms with E-state index in [1.54, 1.807) is 19.9 Å². The molecule has 5 heteroatoms. The highest BCUT2D eigenvalue weighted by atomic mass is 79.9. The summed E-state index contributed by atoms with van der Waals surface area (Å²) in [7, 11) is -3.53. The molecule has 0 saturated heterocycles. The van der Waals surface area contributed by atoms with Crippen molar-refractivity contribution in [2.45, 2.75) is 13.8 Å². The van der Waals surface area contributed by atoms with E-state index in [2.05, 4.69) is 20.1 Å². The van der Waals surface area contributed by atoms with Crippen molar-refractivity contribution in [1.82, 2.24) is 0 Å². The summed E-state index contributed by atoms with van der Waals surface area (Å²) >= 11 is 2.92. The fourth-order valence-electron chi connectivity index (χ4n) is 0.792. The zero-order valence-electron chi connectivity index (χ0n) is 6.09. The van der Waals surface area contributed by atoms with Gasteiger partial charge in [0.15, 0.2) is 3.81 Å². The molecule has 62 valence electrons. The molecule has 0 amide bonds. The van der Waals surface area contributed by atoms with Crippen molar-refractivity contribution in [2.24, 2.45) is 0 Å². The quantitative estimate of drug-likeness (QED) is 0.606. The van der Waals surface area contributed by atoms with Gasteiger partial charge in [-0.15, -0.1) is 0 Å². The number of rotatable bonds is 0. The van der Waals surface area contributed by atoms with Crippen LogP contribution in [0.5, 0.6) is 0 Å². The summed E-state index contributed by atoms with van der Waals surface area (Å²) in [5.74, 6) is 0.394.